The van der Waals surface area contributed by atoms with E-state index >= 15 is 0 Å². The smallest absolute Gasteiger partial charge is 0.142 e. The maximum Gasteiger partial charge on any atom is 0.142 e. The molecule has 0 aromatic carbocycles. The van der Waals surface area contributed by atoms with Crippen molar-refractivity contribution in [2.75, 3.05) is 36.5 Å². The van der Waals surface area contributed by atoms with Gasteiger partial charge in [0.05, 0.1) is 0 Å². The molecule has 102 valence electrons. The van der Waals surface area contributed by atoms with Crippen molar-refractivity contribution in [1.82, 2.24) is 9.88 Å². The van der Waals surface area contributed by atoms with E-state index in [1.807, 2.05) is 17.8 Å². The van der Waals surface area contributed by atoms with Crippen LogP contribution in [-0.4, -0.2) is 46.6 Å². The number of thioether (sulfide) groups is 1. The highest BCUT2D eigenvalue weighted by Gasteiger charge is 2.27. The second kappa shape index (κ2) is 6.27. The fourth-order valence-electron chi connectivity index (χ4n) is 2.20. The molecule has 1 fully saturated rings. The predicted molar refractivity (Wildman–Crippen MR) is 80.4 cm³/mol. The molecule has 1 aliphatic rings. The van der Waals surface area contributed by atoms with Crippen LogP contribution in [0.3, 0.4) is 0 Å². The number of nitrogens with one attached hydrogen (secondary N) is 1. The molecule has 5 heteroatoms. The maximum atomic E-state index is 8.84. The van der Waals surface area contributed by atoms with Crippen LogP contribution in [0.2, 0.25) is 0 Å². The van der Waals surface area contributed by atoms with Gasteiger partial charge >= 0.3 is 0 Å². The Hall–Kier alpha value is -1.25. The summed E-state index contributed by atoms with van der Waals surface area (Å²) in [5.41, 5.74) is 1.54. The summed E-state index contributed by atoms with van der Waals surface area (Å²) in [6.45, 7) is 7.70. The molecule has 1 saturated heterocycles. The number of rotatable bonds is 4. The summed E-state index contributed by atoms with van der Waals surface area (Å²) in [5, 5.41) is 12.3. The SMILES string of the molecule is CC(C)(CNc1ccnc(C#N)c1)N1CCSCC1. The number of anilines is 1. The molecule has 0 unspecified atom stereocenters. The molecule has 2 heterocycles. The van der Waals surface area contributed by atoms with E-state index in [2.05, 4.69) is 35.1 Å². The number of pyridine rings is 1. The molecule has 0 amide bonds. The van der Waals surface area contributed by atoms with Crippen LogP contribution in [0.25, 0.3) is 0 Å². The summed E-state index contributed by atoms with van der Waals surface area (Å²) in [7, 11) is 0. The Morgan fingerprint density at radius 3 is 2.89 bits per heavy atom. The molecule has 0 radical (unpaired) electrons. The summed E-state index contributed by atoms with van der Waals surface area (Å²) in [6, 6.07) is 5.76. The number of aromatic nitrogens is 1. The van der Waals surface area contributed by atoms with Gasteiger partial charge in [0.1, 0.15) is 11.8 Å². The topological polar surface area (TPSA) is 52.0 Å². The van der Waals surface area contributed by atoms with Gasteiger partial charge in [0.25, 0.3) is 0 Å². The third kappa shape index (κ3) is 3.85. The maximum absolute atomic E-state index is 8.84. The van der Waals surface area contributed by atoms with Gasteiger partial charge in [-0.25, -0.2) is 4.98 Å². The van der Waals surface area contributed by atoms with E-state index in [9.17, 15) is 0 Å². The summed E-state index contributed by atoms with van der Waals surface area (Å²) in [4.78, 5) is 6.51. The minimum absolute atomic E-state index is 0.122. The van der Waals surface area contributed by atoms with Crippen LogP contribution >= 0.6 is 11.8 Å². The molecule has 0 aliphatic carbocycles. The lowest BCUT2D eigenvalue weighted by Crippen LogP contribution is -2.52. The van der Waals surface area contributed by atoms with Gasteiger partial charge in [0.2, 0.25) is 0 Å². The van der Waals surface area contributed by atoms with Crippen molar-refractivity contribution >= 4 is 17.4 Å². The predicted octanol–water partition coefficient (Wildman–Crippen LogP) is 2.19. The van der Waals surface area contributed by atoms with Gasteiger partial charge < -0.3 is 5.32 Å². The van der Waals surface area contributed by atoms with Crippen molar-refractivity contribution in [3.63, 3.8) is 0 Å². The molecule has 19 heavy (non-hydrogen) atoms. The summed E-state index contributed by atoms with van der Waals surface area (Å²) >= 11 is 2.03. The molecule has 1 aromatic heterocycles. The van der Waals surface area contributed by atoms with Crippen molar-refractivity contribution in [2.45, 2.75) is 19.4 Å². The zero-order chi connectivity index (χ0) is 13.7. The van der Waals surface area contributed by atoms with E-state index in [1.54, 1.807) is 12.3 Å². The Bertz CT molecular complexity index is 461. The fraction of sp³-hybridized carbons (Fsp3) is 0.571. The Morgan fingerprint density at radius 1 is 1.47 bits per heavy atom. The van der Waals surface area contributed by atoms with Crippen LogP contribution in [0, 0.1) is 11.3 Å². The molecular formula is C14H20N4S. The molecule has 4 nitrogen and oxygen atoms in total. The summed E-state index contributed by atoms with van der Waals surface area (Å²) in [5.74, 6) is 2.44. The van der Waals surface area contributed by atoms with Crippen molar-refractivity contribution in [3.05, 3.63) is 24.0 Å². The lowest BCUT2D eigenvalue weighted by Gasteiger charge is -2.41. The van der Waals surface area contributed by atoms with Crippen molar-refractivity contribution < 1.29 is 0 Å². The fourth-order valence-corrected chi connectivity index (χ4v) is 3.10. The van der Waals surface area contributed by atoms with Crippen molar-refractivity contribution in [2.24, 2.45) is 0 Å². The molecule has 0 bridgehead atoms. The highest BCUT2D eigenvalue weighted by Crippen LogP contribution is 2.21. The van der Waals surface area contributed by atoms with E-state index in [0.29, 0.717) is 5.69 Å². The first-order valence-electron chi connectivity index (χ1n) is 6.55. The molecule has 0 saturated carbocycles. The van der Waals surface area contributed by atoms with Crippen molar-refractivity contribution in [3.8, 4) is 6.07 Å². The number of hydrogen-bond acceptors (Lipinski definition) is 5. The van der Waals surface area contributed by atoms with Gasteiger partial charge in [-0.05, 0) is 26.0 Å². The minimum Gasteiger partial charge on any atom is -0.383 e. The largest absolute Gasteiger partial charge is 0.383 e. The van der Waals surface area contributed by atoms with E-state index in [0.717, 1.165) is 25.3 Å². The number of nitrogens with zero attached hydrogens (tertiary/aromatic N) is 3. The standard InChI is InChI=1S/C14H20N4S/c1-14(2,18-5-7-19-8-6-18)11-17-12-3-4-16-13(9-12)10-15/h3-4,9H,5-8,11H2,1-2H3,(H,16,17). The Balaban J connectivity index is 1.94. The van der Waals surface area contributed by atoms with E-state index in [4.69, 9.17) is 5.26 Å². The Labute approximate surface area is 119 Å². The quantitative estimate of drug-likeness (QED) is 0.913. The second-order valence-corrected chi connectivity index (χ2v) is 6.53. The third-order valence-electron chi connectivity index (χ3n) is 3.47. The Kier molecular flexibility index (Phi) is 4.67. The minimum atomic E-state index is 0.122. The van der Waals surface area contributed by atoms with Crippen LogP contribution in [0.15, 0.2) is 18.3 Å². The molecule has 0 spiro atoms. The van der Waals surface area contributed by atoms with Crippen LogP contribution < -0.4 is 5.32 Å². The van der Waals surface area contributed by atoms with E-state index in [-0.39, 0.29) is 5.54 Å². The molecular weight excluding hydrogens is 256 g/mol. The van der Waals surface area contributed by atoms with Gasteiger partial charge in [-0.3, -0.25) is 4.90 Å². The van der Waals surface area contributed by atoms with Gasteiger partial charge in [-0.2, -0.15) is 17.0 Å². The normalized spacial score (nSPS) is 16.9. The Morgan fingerprint density at radius 2 is 2.21 bits per heavy atom. The first kappa shape index (κ1) is 14.2. The molecule has 0 atom stereocenters. The number of hydrogen-bond donors (Lipinski definition) is 1. The third-order valence-corrected chi connectivity index (χ3v) is 4.41. The summed E-state index contributed by atoms with van der Waals surface area (Å²) < 4.78 is 0. The molecule has 2 rings (SSSR count). The van der Waals surface area contributed by atoms with Gasteiger partial charge in [0, 0.05) is 48.6 Å². The second-order valence-electron chi connectivity index (χ2n) is 5.31. The number of nitriles is 1. The van der Waals surface area contributed by atoms with Crippen LogP contribution in [0.4, 0.5) is 5.69 Å². The molecule has 1 aliphatic heterocycles. The molecule has 1 aromatic rings. The van der Waals surface area contributed by atoms with Crippen LogP contribution in [-0.2, 0) is 0 Å². The highest BCUT2D eigenvalue weighted by molar-refractivity contribution is 7.99. The lowest BCUT2D eigenvalue weighted by atomic mass is 10.0. The first-order valence-corrected chi connectivity index (χ1v) is 7.70. The van der Waals surface area contributed by atoms with Crippen LogP contribution in [0.1, 0.15) is 19.5 Å². The lowest BCUT2D eigenvalue weighted by molar-refractivity contribution is 0.146. The van der Waals surface area contributed by atoms with Gasteiger partial charge in [-0.1, -0.05) is 0 Å². The molecule has 1 N–H and O–H groups in total. The first-order chi connectivity index (χ1) is 9.12. The van der Waals surface area contributed by atoms with E-state index < -0.39 is 0 Å². The van der Waals surface area contributed by atoms with Gasteiger partial charge in [0.15, 0.2) is 0 Å². The monoisotopic (exact) mass is 276 g/mol. The van der Waals surface area contributed by atoms with Crippen molar-refractivity contribution in [1.29, 1.82) is 5.26 Å². The average Bonchev–Trinajstić information content (AvgIpc) is 2.46. The zero-order valence-electron chi connectivity index (χ0n) is 11.5. The zero-order valence-corrected chi connectivity index (χ0v) is 12.3. The average molecular weight is 276 g/mol. The summed E-state index contributed by atoms with van der Waals surface area (Å²) in [6.07, 6.45) is 1.67. The van der Waals surface area contributed by atoms with E-state index in [1.165, 1.54) is 11.5 Å². The van der Waals surface area contributed by atoms with Crippen LogP contribution in [0.5, 0.6) is 0 Å². The highest BCUT2D eigenvalue weighted by atomic mass is 32.2. The van der Waals surface area contributed by atoms with Gasteiger partial charge in [-0.15, -0.1) is 0 Å².